The molecule has 1 aromatic rings. The van der Waals surface area contributed by atoms with Crippen LogP contribution in [0.15, 0.2) is 17.7 Å². The summed E-state index contributed by atoms with van der Waals surface area (Å²) in [6, 6.07) is 2.77. The monoisotopic (exact) mass is 481 g/mol. The number of hydrogen-bond donors (Lipinski definition) is 0. The standard InChI is InChI=1S/C19H19ClF3NO8/c1-18(2,3)12-8-14-10(7-13(12)20)6-11(16(32-14)19(21,22)23)17(26)30-9-29-15(25)4-5-31-24(27)28/h6-8,16H,4-5,9H2,1-3H3/t16-/m0/s1. The topological polar surface area (TPSA) is 114 Å². The zero-order valence-electron chi connectivity index (χ0n) is 17.2. The van der Waals surface area contributed by atoms with Gasteiger partial charge in [0.2, 0.25) is 12.9 Å². The molecule has 0 aliphatic carbocycles. The number of nitrogens with zero attached hydrogens (tertiary/aromatic N) is 1. The number of ether oxygens (including phenoxy) is 3. The Morgan fingerprint density at radius 2 is 1.88 bits per heavy atom. The molecule has 1 aromatic carbocycles. The average molecular weight is 482 g/mol. The molecule has 0 fully saturated rings. The number of carbonyl (C=O) groups excluding carboxylic acids is 2. The normalized spacial score (nSPS) is 15.7. The Balaban J connectivity index is 2.17. The Labute approximate surface area is 185 Å². The first-order valence-electron chi connectivity index (χ1n) is 9.09. The van der Waals surface area contributed by atoms with Crippen LogP contribution >= 0.6 is 11.6 Å². The SMILES string of the molecule is CC(C)(C)c1cc2c(cc1Cl)C=C(C(=O)OCOC(=O)CCO[N+](=O)[O-])[C@@H](C(F)(F)F)O2. The fourth-order valence-electron chi connectivity index (χ4n) is 2.71. The van der Waals surface area contributed by atoms with E-state index < -0.39 is 60.1 Å². The number of halogens is 4. The second kappa shape index (κ2) is 9.63. The van der Waals surface area contributed by atoms with Gasteiger partial charge in [0.25, 0.3) is 5.09 Å². The molecular formula is C19H19ClF3NO8. The Kier molecular flexibility index (Phi) is 7.60. The first-order chi connectivity index (χ1) is 14.7. The van der Waals surface area contributed by atoms with Crippen LogP contribution in [0.5, 0.6) is 5.75 Å². The highest BCUT2D eigenvalue weighted by Gasteiger charge is 2.49. The van der Waals surface area contributed by atoms with Crippen LogP contribution < -0.4 is 4.74 Å². The second-order valence-corrected chi connectivity index (χ2v) is 8.04. The lowest BCUT2D eigenvalue weighted by Crippen LogP contribution is -2.41. The lowest BCUT2D eigenvalue weighted by Gasteiger charge is -2.30. The highest BCUT2D eigenvalue weighted by molar-refractivity contribution is 6.31. The second-order valence-electron chi connectivity index (χ2n) is 7.63. The van der Waals surface area contributed by atoms with E-state index in [1.54, 1.807) is 0 Å². The van der Waals surface area contributed by atoms with Crippen LogP contribution in [0.25, 0.3) is 6.08 Å². The van der Waals surface area contributed by atoms with Crippen LogP contribution in [0, 0.1) is 10.1 Å². The van der Waals surface area contributed by atoms with Crippen molar-refractivity contribution in [1.29, 1.82) is 0 Å². The van der Waals surface area contributed by atoms with Crippen molar-refractivity contribution >= 4 is 29.6 Å². The van der Waals surface area contributed by atoms with Crippen molar-refractivity contribution in [3.63, 3.8) is 0 Å². The third-order valence-electron chi connectivity index (χ3n) is 4.19. The van der Waals surface area contributed by atoms with E-state index in [2.05, 4.69) is 14.3 Å². The quantitative estimate of drug-likeness (QED) is 0.248. The number of benzene rings is 1. The molecule has 0 N–H and O–H groups in total. The summed E-state index contributed by atoms with van der Waals surface area (Å²) < 4.78 is 54.8. The van der Waals surface area contributed by atoms with E-state index in [0.717, 1.165) is 6.08 Å². The minimum atomic E-state index is -4.94. The smallest absolute Gasteiger partial charge is 0.430 e. The molecule has 0 radical (unpaired) electrons. The molecule has 0 aromatic heterocycles. The molecule has 9 nitrogen and oxygen atoms in total. The van der Waals surface area contributed by atoms with Crippen LogP contribution in [0.2, 0.25) is 5.02 Å². The van der Waals surface area contributed by atoms with Gasteiger partial charge >= 0.3 is 18.1 Å². The molecule has 0 unspecified atom stereocenters. The van der Waals surface area contributed by atoms with Gasteiger partial charge < -0.3 is 19.0 Å². The fraction of sp³-hybridized carbons (Fsp3) is 0.474. The van der Waals surface area contributed by atoms with E-state index in [0.29, 0.717) is 5.56 Å². The largest absolute Gasteiger partial charge is 0.475 e. The molecule has 0 saturated carbocycles. The third-order valence-corrected chi connectivity index (χ3v) is 4.50. The van der Waals surface area contributed by atoms with Gasteiger partial charge in [-0.2, -0.15) is 13.2 Å². The van der Waals surface area contributed by atoms with Gasteiger partial charge in [-0.15, -0.1) is 10.1 Å². The Hall–Kier alpha value is -3.02. The van der Waals surface area contributed by atoms with E-state index in [-0.39, 0.29) is 16.3 Å². The Morgan fingerprint density at radius 3 is 2.44 bits per heavy atom. The highest BCUT2D eigenvalue weighted by atomic mass is 35.5. The maximum absolute atomic E-state index is 13.6. The average Bonchev–Trinajstić information content (AvgIpc) is 2.64. The van der Waals surface area contributed by atoms with Crippen molar-refractivity contribution < 1.29 is 46.9 Å². The maximum Gasteiger partial charge on any atom is 0.430 e. The Morgan fingerprint density at radius 1 is 1.22 bits per heavy atom. The molecule has 0 amide bonds. The molecule has 0 saturated heterocycles. The molecule has 13 heteroatoms. The lowest BCUT2D eigenvalue weighted by atomic mass is 9.85. The number of fused-ring (bicyclic) bond motifs is 1. The minimum Gasteiger partial charge on any atom is -0.475 e. The van der Waals surface area contributed by atoms with Gasteiger partial charge in [0, 0.05) is 10.6 Å². The van der Waals surface area contributed by atoms with Gasteiger partial charge in [-0.25, -0.2) is 4.79 Å². The third kappa shape index (κ3) is 6.49. The summed E-state index contributed by atoms with van der Waals surface area (Å²) in [5, 5.41) is 9.15. The molecule has 2 rings (SSSR count). The van der Waals surface area contributed by atoms with Crippen LogP contribution in [-0.4, -0.2) is 42.7 Å². The molecule has 1 aliphatic heterocycles. The van der Waals surface area contributed by atoms with Gasteiger partial charge in [0.05, 0.1) is 12.0 Å². The molecule has 0 spiro atoms. The van der Waals surface area contributed by atoms with Gasteiger partial charge in [0.15, 0.2) is 0 Å². The van der Waals surface area contributed by atoms with Gasteiger partial charge in [-0.05, 0) is 29.2 Å². The van der Waals surface area contributed by atoms with Crippen LogP contribution in [0.3, 0.4) is 0 Å². The van der Waals surface area contributed by atoms with Crippen molar-refractivity contribution in [3.05, 3.63) is 44.0 Å². The first kappa shape index (κ1) is 25.2. The number of rotatable bonds is 7. The summed E-state index contributed by atoms with van der Waals surface area (Å²) in [5.74, 6) is -2.55. The summed E-state index contributed by atoms with van der Waals surface area (Å²) in [6.45, 7) is 3.88. The van der Waals surface area contributed by atoms with Crippen LogP contribution in [0.1, 0.15) is 38.3 Å². The van der Waals surface area contributed by atoms with Gasteiger partial charge in [-0.3, -0.25) is 4.79 Å². The predicted molar refractivity (Wildman–Crippen MR) is 103 cm³/mol. The van der Waals surface area contributed by atoms with Crippen LogP contribution in [-0.2, 0) is 29.3 Å². The van der Waals surface area contributed by atoms with E-state index in [1.807, 2.05) is 20.8 Å². The van der Waals surface area contributed by atoms with Crippen molar-refractivity contribution in [3.8, 4) is 5.75 Å². The molecule has 32 heavy (non-hydrogen) atoms. The lowest BCUT2D eigenvalue weighted by molar-refractivity contribution is -0.757. The van der Waals surface area contributed by atoms with E-state index in [4.69, 9.17) is 16.3 Å². The van der Waals surface area contributed by atoms with E-state index in [9.17, 15) is 32.9 Å². The van der Waals surface area contributed by atoms with E-state index >= 15 is 0 Å². The van der Waals surface area contributed by atoms with Crippen molar-refractivity contribution in [1.82, 2.24) is 0 Å². The zero-order valence-corrected chi connectivity index (χ0v) is 17.9. The summed E-state index contributed by atoms with van der Waals surface area (Å²) in [7, 11) is 0. The fourth-order valence-corrected chi connectivity index (χ4v) is 3.16. The number of hydrogen-bond acceptors (Lipinski definition) is 8. The van der Waals surface area contributed by atoms with Crippen molar-refractivity contribution in [2.24, 2.45) is 0 Å². The molecule has 1 atom stereocenters. The Bertz CT molecular complexity index is 940. The molecule has 176 valence electrons. The minimum absolute atomic E-state index is 0.101. The number of esters is 2. The summed E-state index contributed by atoms with van der Waals surface area (Å²) in [4.78, 5) is 37.5. The number of alkyl halides is 3. The number of carbonyl (C=O) groups is 2. The van der Waals surface area contributed by atoms with Gasteiger partial charge in [-0.1, -0.05) is 32.4 Å². The molecule has 0 bridgehead atoms. The highest BCUT2D eigenvalue weighted by Crippen LogP contribution is 2.42. The molecule has 1 aliphatic rings. The zero-order chi connectivity index (χ0) is 24.3. The van der Waals surface area contributed by atoms with E-state index in [1.165, 1.54) is 12.1 Å². The predicted octanol–water partition coefficient (Wildman–Crippen LogP) is 3.99. The van der Waals surface area contributed by atoms with Gasteiger partial charge in [0.1, 0.15) is 12.4 Å². The summed E-state index contributed by atoms with van der Waals surface area (Å²) in [6.07, 6.45) is -7.14. The van der Waals surface area contributed by atoms with Crippen molar-refractivity contribution in [2.75, 3.05) is 13.4 Å². The maximum atomic E-state index is 13.6. The molecular weight excluding hydrogens is 463 g/mol. The first-order valence-corrected chi connectivity index (χ1v) is 9.47. The van der Waals surface area contributed by atoms with Crippen molar-refractivity contribution in [2.45, 2.75) is 44.9 Å². The van der Waals surface area contributed by atoms with Crippen LogP contribution in [0.4, 0.5) is 13.2 Å². The molecule has 1 heterocycles. The summed E-state index contributed by atoms with van der Waals surface area (Å²) >= 11 is 6.25. The summed E-state index contributed by atoms with van der Waals surface area (Å²) in [5.41, 5.74) is -0.631.